The third-order valence-electron chi connectivity index (χ3n) is 2.19. The first-order chi connectivity index (χ1) is 9.11. The maximum atomic E-state index is 13.9. The zero-order valence-corrected chi connectivity index (χ0v) is 10.7. The van der Waals surface area contributed by atoms with E-state index in [-0.39, 0.29) is 28.8 Å². The molecule has 0 bridgehead atoms. The Balaban J connectivity index is 2.37. The second-order valence-corrected chi connectivity index (χ2v) is 3.88. The van der Waals surface area contributed by atoms with Crippen LogP contribution in [0.25, 0.3) is 11.4 Å². The highest BCUT2D eigenvalue weighted by molar-refractivity contribution is 6.29. The average molecular weight is 282 g/mol. The minimum Gasteiger partial charge on any atom is -0.461 e. The fraction of sp³-hybridized carbons (Fsp3) is 0.167. The third-order valence-corrected chi connectivity index (χ3v) is 2.40. The predicted molar refractivity (Wildman–Crippen MR) is 66.2 cm³/mol. The number of aromatic nitrogens is 3. The van der Waals surface area contributed by atoms with Crippen LogP contribution in [-0.4, -0.2) is 27.8 Å². The normalized spacial score (nSPS) is 10.3. The molecule has 0 unspecified atom stereocenters. The summed E-state index contributed by atoms with van der Waals surface area (Å²) in [6.45, 7) is 1.83. The summed E-state index contributed by atoms with van der Waals surface area (Å²) in [6, 6.07) is 5.68. The lowest BCUT2D eigenvalue weighted by Gasteiger charge is -2.03. The molecule has 0 aliphatic rings. The van der Waals surface area contributed by atoms with Gasteiger partial charge < -0.3 is 4.74 Å². The van der Waals surface area contributed by atoms with Crippen molar-refractivity contribution in [1.29, 1.82) is 0 Å². The number of nitrogens with zero attached hydrogens (tertiary/aromatic N) is 3. The van der Waals surface area contributed by atoms with E-state index in [1.165, 1.54) is 0 Å². The van der Waals surface area contributed by atoms with E-state index in [1.807, 2.05) is 0 Å². The van der Waals surface area contributed by atoms with Crippen molar-refractivity contribution in [1.82, 2.24) is 15.2 Å². The molecular weight excluding hydrogens is 273 g/mol. The van der Waals surface area contributed by atoms with E-state index < -0.39 is 11.8 Å². The van der Waals surface area contributed by atoms with Gasteiger partial charge in [-0.3, -0.25) is 0 Å². The van der Waals surface area contributed by atoms with Gasteiger partial charge in [0.25, 0.3) is 0 Å². The van der Waals surface area contributed by atoms with Gasteiger partial charge in [0, 0.05) is 6.07 Å². The summed E-state index contributed by atoms with van der Waals surface area (Å²) < 4.78 is 18.6. The fourth-order valence-corrected chi connectivity index (χ4v) is 1.55. The maximum absolute atomic E-state index is 13.9. The van der Waals surface area contributed by atoms with Gasteiger partial charge in [0.05, 0.1) is 12.3 Å². The SMILES string of the molecule is CCOC(=O)c1cc(F)c(-c2cccc(Cl)n2)nn1. The Bertz CT molecular complexity index is 622. The minimum atomic E-state index is -0.723. The average Bonchev–Trinajstić information content (AvgIpc) is 2.38. The van der Waals surface area contributed by atoms with Crippen LogP contribution in [0.2, 0.25) is 5.15 Å². The second-order valence-electron chi connectivity index (χ2n) is 3.49. The molecule has 0 radical (unpaired) electrons. The van der Waals surface area contributed by atoms with E-state index in [0.717, 1.165) is 6.07 Å². The number of carbonyl (C=O) groups is 1. The molecule has 0 aliphatic heterocycles. The van der Waals surface area contributed by atoms with Crippen molar-refractivity contribution in [3.63, 3.8) is 0 Å². The number of hydrogen-bond donors (Lipinski definition) is 0. The zero-order chi connectivity index (χ0) is 13.8. The number of halogens is 2. The molecule has 7 heteroatoms. The van der Waals surface area contributed by atoms with Gasteiger partial charge in [-0.05, 0) is 19.1 Å². The van der Waals surface area contributed by atoms with E-state index in [4.69, 9.17) is 16.3 Å². The molecule has 0 saturated carbocycles. The summed E-state index contributed by atoms with van der Waals surface area (Å²) >= 11 is 5.71. The zero-order valence-electron chi connectivity index (χ0n) is 9.93. The molecule has 0 aromatic carbocycles. The molecular formula is C12H9ClFN3O2. The van der Waals surface area contributed by atoms with Crippen molar-refractivity contribution in [3.05, 3.63) is 40.9 Å². The maximum Gasteiger partial charge on any atom is 0.358 e. The van der Waals surface area contributed by atoms with E-state index in [0.29, 0.717) is 0 Å². The number of carbonyl (C=O) groups excluding carboxylic acids is 1. The predicted octanol–water partition coefficient (Wildman–Crippen LogP) is 2.51. The Morgan fingerprint density at radius 3 is 2.84 bits per heavy atom. The molecule has 0 atom stereocenters. The summed E-state index contributed by atoms with van der Waals surface area (Å²) in [5, 5.41) is 7.48. The van der Waals surface area contributed by atoms with Gasteiger partial charge in [-0.1, -0.05) is 17.7 Å². The van der Waals surface area contributed by atoms with Crippen LogP contribution in [0.5, 0.6) is 0 Å². The number of pyridine rings is 1. The van der Waals surface area contributed by atoms with Crippen molar-refractivity contribution in [2.75, 3.05) is 6.61 Å². The van der Waals surface area contributed by atoms with Crippen LogP contribution < -0.4 is 0 Å². The number of ether oxygens (including phenoxy) is 1. The molecule has 0 spiro atoms. The standard InChI is InChI=1S/C12H9ClFN3O2/c1-2-19-12(18)9-6-7(14)11(17-16-9)8-4-3-5-10(13)15-8/h3-6H,2H2,1H3. The summed E-state index contributed by atoms with van der Waals surface area (Å²) in [4.78, 5) is 15.3. The smallest absolute Gasteiger partial charge is 0.358 e. The highest BCUT2D eigenvalue weighted by Gasteiger charge is 2.15. The largest absolute Gasteiger partial charge is 0.461 e. The van der Waals surface area contributed by atoms with Gasteiger partial charge in [-0.15, -0.1) is 10.2 Å². The van der Waals surface area contributed by atoms with Gasteiger partial charge in [0.1, 0.15) is 10.8 Å². The van der Waals surface area contributed by atoms with Gasteiger partial charge in [0.2, 0.25) is 0 Å². The second kappa shape index (κ2) is 5.71. The van der Waals surface area contributed by atoms with Crippen molar-refractivity contribution in [2.24, 2.45) is 0 Å². The molecule has 2 heterocycles. The quantitative estimate of drug-likeness (QED) is 0.639. The Morgan fingerprint density at radius 2 is 2.21 bits per heavy atom. The molecule has 2 rings (SSSR count). The van der Waals surface area contributed by atoms with E-state index >= 15 is 0 Å². The number of hydrogen-bond acceptors (Lipinski definition) is 5. The van der Waals surface area contributed by atoms with Crippen LogP contribution >= 0.6 is 11.6 Å². The topological polar surface area (TPSA) is 65.0 Å². The summed E-state index contributed by atoms with van der Waals surface area (Å²) in [6.07, 6.45) is 0. The molecule has 19 heavy (non-hydrogen) atoms. The van der Waals surface area contributed by atoms with Gasteiger partial charge in [0.15, 0.2) is 11.5 Å². The Morgan fingerprint density at radius 1 is 1.42 bits per heavy atom. The minimum absolute atomic E-state index is 0.0736. The van der Waals surface area contributed by atoms with Crippen LogP contribution in [0.4, 0.5) is 4.39 Å². The van der Waals surface area contributed by atoms with Gasteiger partial charge >= 0.3 is 5.97 Å². The van der Waals surface area contributed by atoms with Crippen LogP contribution in [-0.2, 0) is 4.74 Å². The molecule has 98 valence electrons. The van der Waals surface area contributed by atoms with Crippen molar-refractivity contribution in [3.8, 4) is 11.4 Å². The lowest BCUT2D eigenvalue weighted by Crippen LogP contribution is -2.09. The lowest BCUT2D eigenvalue weighted by atomic mass is 10.2. The molecule has 0 saturated heterocycles. The van der Waals surface area contributed by atoms with Gasteiger partial charge in [-0.25, -0.2) is 14.2 Å². The summed E-state index contributed by atoms with van der Waals surface area (Å²) in [7, 11) is 0. The molecule has 0 aliphatic carbocycles. The molecule has 0 N–H and O–H groups in total. The van der Waals surface area contributed by atoms with Crippen molar-refractivity contribution in [2.45, 2.75) is 6.92 Å². The summed E-state index contributed by atoms with van der Waals surface area (Å²) in [5.74, 6) is -1.44. The third kappa shape index (κ3) is 3.03. The van der Waals surface area contributed by atoms with E-state index in [2.05, 4.69) is 15.2 Å². The lowest BCUT2D eigenvalue weighted by molar-refractivity contribution is 0.0517. The Labute approximate surface area is 113 Å². The Hall–Kier alpha value is -2.08. The highest BCUT2D eigenvalue weighted by atomic mass is 35.5. The first kappa shape index (κ1) is 13.4. The molecule has 5 nitrogen and oxygen atoms in total. The van der Waals surface area contributed by atoms with Crippen molar-refractivity contribution >= 4 is 17.6 Å². The molecule has 0 amide bonds. The molecule has 0 fully saturated rings. The highest BCUT2D eigenvalue weighted by Crippen LogP contribution is 2.19. The van der Waals surface area contributed by atoms with Crippen LogP contribution in [0.3, 0.4) is 0 Å². The summed E-state index contributed by atoms with van der Waals surface area (Å²) in [5.41, 5.74) is -0.0198. The van der Waals surface area contributed by atoms with Crippen LogP contribution in [0.15, 0.2) is 24.3 Å². The van der Waals surface area contributed by atoms with E-state index in [9.17, 15) is 9.18 Å². The van der Waals surface area contributed by atoms with Crippen LogP contribution in [0, 0.1) is 5.82 Å². The Kier molecular flexibility index (Phi) is 4.01. The first-order valence-corrected chi connectivity index (χ1v) is 5.83. The van der Waals surface area contributed by atoms with Crippen molar-refractivity contribution < 1.29 is 13.9 Å². The monoisotopic (exact) mass is 281 g/mol. The fourth-order valence-electron chi connectivity index (χ4n) is 1.39. The molecule has 2 aromatic heterocycles. The number of rotatable bonds is 3. The molecule has 2 aromatic rings. The first-order valence-electron chi connectivity index (χ1n) is 5.45. The van der Waals surface area contributed by atoms with Gasteiger partial charge in [-0.2, -0.15) is 0 Å². The van der Waals surface area contributed by atoms with E-state index in [1.54, 1.807) is 25.1 Å². The number of esters is 1. The van der Waals surface area contributed by atoms with Crippen LogP contribution in [0.1, 0.15) is 17.4 Å².